The van der Waals surface area contributed by atoms with Crippen LogP contribution in [0, 0.1) is 5.41 Å². The number of rotatable bonds is 7. The molecule has 0 aromatic heterocycles. The highest BCUT2D eigenvalue weighted by molar-refractivity contribution is 5.77. The maximum atomic E-state index is 12.6. The second kappa shape index (κ2) is 8.75. The van der Waals surface area contributed by atoms with Gasteiger partial charge in [-0.1, -0.05) is 51.1 Å². The first-order valence-corrected chi connectivity index (χ1v) is 8.90. The maximum Gasteiger partial charge on any atom is 0.220 e. The largest absolute Gasteiger partial charge is 0.497 e. The average Bonchev–Trinajstić information content (AvgIpc) is 2.63. The fraction of sp³-hybridized carbons (Fsp3) is 0.409. The van der Waals surface area contributed by atoms with Gasteiger partial charge in [-0.05, 0) is 41.2 Å². The van der Waals surface area contributed by atoms with Gasteiger partial charge in [0.15, 0.2) is 0 Å². The maximum absolute atomic E-state index is 12.6. The summed E-state index contributed by atoms with van der Waals surface area (Å²) in [6.07, 6.45) is 0.987. The summed E-state index contributed by atoms with van der Waals surface area (Å²) in [5, 5.41) is 3.20. The van der Waals surface area contributed by atoms with Crippen LogP contribution >= 0.6 is 0 Å². The summed E-state index contributed by atoms with van der Waals surface area (Å²) < 4.78 is 10.7. The Kier molecular flexibility index (Phi) is 6.67. The molecule has 1 amide bonds. The first-order chi connectivity index (χ1) is 12.3. The number of aryl methyl sites for hydroxylation is 1. The molecule has 0 heterocycles. The van der Waals surface area contributed by atoms with Crippen molar-refractivity contribution in [3.05, 3.63) is 59.7 Å². The van der Waals surface area contributed by atoms with Gasteiger partial charge in [-0.3, -0.25) is 4.79 Å². The molecule has 26 heavy (non-hydrogen) atoms. The predicted octanol–water partition coefficient (Wildman–Crippen LogP) is 4.54. The third kappa shape index (κ3) is 5.25. The Balaban J connectivity index is 2.07. The number of carbonyl (C=O) groups is 1. The van der Waals surface area contributed by atoms with Crippen molar-refractivity contribution in [1.29, 1.82) is 0 Å². The summed E-state index contributed by atoms with van der Waals surface area (Å²) in [6, 6.07) is 15.7. The molecule has 0 bridgehead atoms. The van der Waals surface area contributed by atoms with Crippen molar-refractivity contribution < 1.29 is 14.3 Å². The minimum atomic E-state index is -0.0787. The van der Waals surface area contributed by atoms with Crippen LogP contribution in [0.4, 0.5) is 0 Å². The molecule has 2 aromatic rings. The van der Waals surface area contributed by atoms with Crippen molar-refractivity contribution in [2.45, 2.75) is 39.7 Å². The van der Waals surface area contributed by atoms with E-state index in [0.717, 1.165) is 22.6 Å². The van der Waals surface area contributed by atoms with Crippen LogP contribution in [0.15, 0.2) is 48.5 Å². The molecule has 0 aliphatic heterocycles. The molecule has 1 unspecified atom stereocenters. The lowest BCUT2D eigenvalue weighted by Crippen LogP contribution is -2.36. The second-order valence-corrected chi connectivity index (χ2v) is 7.46. The minimum absolute atomic E-state index is 0.0265. The molecule has 0 aliphatic rings. The van der Waals surface area contributed by atoms with Gasteiger partial charge in [0.05, 0.1) is 20.3 Å². The zero-order valence-electron chi connectivity index (χ0n) is 16.3. The van der Waals surface area contributed by atoms with E-state index in [1.54, 1.807) is 14.2 Å². The molecule has 0 radical (unpaired) electrons. The molecular formula is C22H29NO3. The molecule has 2 aromatic carbocycles. The van der Waals surface area contributed by atoms with Gasteiger partial charge in [0.1, 0.15) is 11.5 Å². The zero-order chi connectivity index (χ0) is 19.2. The number of nitrogens with one attached hydrogen (secondary N) is 1. The topological polar surface area (TPSA) is 47.6 Å². The Labute approximate surface area is 156 Å². The van der Waals surface area contributed by atoms with E-state index < -0.39 is 0 Å². The van der Waals surface area contributed by atoms with Gasteiger partial charge in [0.25, 0.3) is 0 Å². The molecule has 0 spiro atoms. The zero-order valence-corrected chi connectivity index (χ0v) is 16.3. The monoisotopic (exact) mass is 355 g/mol. The molecule has 1 atom stereocenters. The number of hydrogen-bond donors (Lipinski definition) is 1. The molecule has 2 rings (SSSR count). The molecule has 1 N–H and O–H groups in total. The van der Waals surface area contributed by atoms with Crippen LogP contribution in [0.2, 0.25) is 0 Å². The number of benzene rings is 2. The minimum Gasteiger partial charge on any atom is -0.497 e. The van der Waals surface area contributed by atoms with Crippen LogP contribution in [0.5, 0.6) is 11.5 Å². The second-order valence-electron chi connectivity index (χ2n) is 7.46. The third-order valence-electron chi connectivity index (χ3n) is 4.41. The van der Waals surface area contributed by atoms with E-state index in [9.17, 15) is 4.79 Å². The van der Waals surface area contributed by atoms with Crippen molar-refractivity contribution in [2.24, 2.45) is 5.41 Å². The molecule has 0 fully saturated rings. The van der Waals surface area contributed by atoms with Gasteiger partial charge >= 0.3 is 0 Å². The number of carbonyl (C=O) groups excluding carboxylic acids is 1. The first-order valence-electron chi connectivity index (χ1n) is 8.90. The Morgan fingerprint density at radius 3 is 2.31 bits per heavy atom. The summed E-state index contributed by atoms with van der Waals surface area (Å²) in [5.41, 5.74) is 2.01. The highest BCUT2D eigenvalue weighted by Crippen LogP contribution is 2.33. The van der Waals surface area contributed by atoms with E-state index in [0.29, 0.717) is 12.8 Å². The lowest BCUT2D eigenvalue weighted by molar-refractivity contribution is -0.122. The van der Waals surface area contributed by atoms with Gasteiger partial charge in [-0.15, -0.1) is 0 Å². The van der Waals surface area contributed by atoms with Crippen molar-refractivity contribution >= 4 is 5.91 Å². The van der Waals surface area contributed by atoms with E-state index in [-0.39, 0.29) is 17.4 Å². The molecule has 4 nitrogen and oxygen atoms in total. The molecule has 4 heteroatoms. The van der Waals surface area contributed by atoms with Gasteiger partial charge in [0.2, 0.25) is 5.91 Å². The molecule has 140 valence electrons. The molecule has 0 aliphatic carbocycles. The molecular weight excluding hydrogens is 326 g/mol. The van der Waals surface area contributed by atoms with Crippen molar-refractivity contribution in [1.82, 2.24) is 5.32 Å². The first kappa shape index (κ1) is 19.8. The van der Waals surface area contributed by atoms with Gasteiger partial charge < -0.3 is 14.8 Å². The van der Waals surface area contributed by atoms with Crippen molar-refractivity contribution in [3.8, 4) is 11.5 Å². The van der Waals surface area contributed by atoms with E-state index in [4.69, 9.17) is 9.47 Å². The Hall–Kier alpha value is -2.49. The fourth-order valence-electron chi connectivity index (χ4n) is 3.00. The van der Waals surface area contributed by atoms with E-state index in [1.165, 1.54) is 0 Å². The summed E-state index contributed by atoms with van der Waals surface area (Å²) in [6.45, 7) is 6.40. The van der Waals surface area contributed by atoms with Gasteiger partial charge in [0, 0.05) is 6.42 Å². The van der Waals surface area contributed by atoms with E-state index in [1.807, 2.05) is 36.4 Å². The lowest BCUT2D eigenvalue weighted by Gasteiger charge is -2.32. The van der Waals surface area contributed by atoms with Crippen LogP contribution in [-0.2, 0) is 11.2 Å². The standard InChI is InChI=1S/C22H29NO3/c1-22(2,3)21(16-9-7-6-8-10-16)23-20(24)14-11-17-15-18(25-4)12-13-19(17)26-5/h6-10,12-13,15,21H,11,14H2,1-5H3,(H,23,24). The summed E-state index contributed by atoms with van der Waals surface area (Å²) in [5.74, 6) is 1.56. The molecule has 0 saturated carbocycles. The number of amides is 1. The summed E-state index contributed by atoms with van der Waals surface area (Å²) in [4.78, 5) is 12.6. The van der Waals surface area contributed by atoms with Crippen LogP contribution in [0.25, 0.3) is 0 Å². The Bertz CT molecular complexity index is 720. The van der Waals surface area contributed by atoms with E-state index in [2.05, 4.69) is 38.2 Å². The summed E-state index contributed by atoms with van der Waals surface area (Å²) >= 11 is 0. The van der Waals surface area contributed by atoms with Crippen LogP contribution in [0.3, 0.4) is 0 Å². The Morgan fingerprint density at radius 1 is 1.04 bits per heavy atom. The quantitative estimate of drug-likeness (QED) is 0.793. The van der Waals surface area contributed by atoms with E-state index >= 15 is 0 Å². The van der Waals surface area contributed by atoms with Crippen molar-refractivity contribution in [2.75, 3.05) is 14.2 Å². The lowest BCUT2D eigenvalue weighted by atomic mass is 9.82. The third-order valence-corrected chi connectivity index (χ3v) is 4.41. The summed E-state index contributed by atoms with van der Waals surface area (Å²) in [7, 11) is 3.27. The van der Waals surface area contributed by atoms with Gasteiger partial charge in [-0.25, -0.2) is 0 Å². The van der Waals surface area contributed by atoms with Crippen LogP contribution in [0.1, 0.15) is 44.4 Å². The number of methoxy groups -OCH3 is 2. The normalized spacial score (nSPS) is 12.3. The van der Waals surface area contributed by atoms with Crippen LogP contribution < -0.4 is 14.8 Å². The molecule has 0 saturated heterocycles. The smallest absolute Gasteiger partial charge is 0.220 e. The van der Waals surface area contributed by atoms with Crippen molar-refractivity contribution in [3.63, 3.8) is 0 Å². The van der Waals surface area contributed by atoms with Gasteiger partial charge in [-0.2, -0.15) is 0 Å². The Morgan fingerprint density at radius 2 is 1.73 bits per heavy atom. The average molecular weight is 355 g/mol. The SMILES string of the molecule is COc1ccc(OC)c(CCC(=O)NC(c2ccccc2)C(C)(C)C)c1. The number of hydrogen-bond acceptors (Lipinski definition) is 3. The highest BCUT2D eigenvalue weighted by Gasteiger charge is 2.27. The predicted molar refractivity (Wildman–Crippen MR) is 105 cm³/mol. The van der Waals surface area contributed by atoms with Crippen LogP contribution in [-0.4, -0.2) is 20.1 Å². The number of ether oxygens (including phenoxy) is 2. The highest BCUT2D eigenvalue weighted by atomic mass is 16.5. The fourth-order valence-corrected chi connectivity index (χ4v) is 3.00.